The standard InChI is InChI=1S/C20H28N6O2S/c1-3-26-12-11-19(2,25-26)29(21,28)24-18(27)23-16-13-5-4-6-15(13)22-17-14(16)7-8-20(17)9-10-20/h11-12,25H,3-10H2,1-2H3,(H3,21,22,23,24,27,28). The molecule has 2 heterocycles. The van der Waals surface area contributed by atoms with E-state index in [2.05, 4.69) is 15.1 Å². The number of aryl methyl sites for hydroxylation is 1. The Hall–Kier alpha value is -1.97. The zero-order chi connectivity index (χ0) is 20.4. The van der Waals surface area contributed by atoms with Crippen molar-refractivity contribution in [3.8, 4) is 0 Å². The van der Waals surface area contributed by atoms with Gasteiger partial charge in [0.15, 0.2) is 4.87 Å². The summed E-state index contributed by atoms with van der Waals surface area (Å²) in [7, 11) is -3.35. The van der Waals surface area contributed by atoms with Crippen LogP contribution in [0, 0.1) is 0 Å². The average Bonchev–Trinajstić information content (AvgIpc) is 3.00. The number of nitrogens with zero attached hydrogens (tertiary/aromatic N) is 3. The molecule has 2 unspecified atom stereocenters. The van der Waals surface area contributed by atoms with Crippen LogP contribution in [0.25, 0.3) is 0 Å². The first-order valence-corrected chi connectivity index (χ1v) is 12.0. The van der Waals surface area contributed by atoms with Gasteiger partial charge in [-0.25, -0.2) is 19.6 Å². The van der Waals surface area contributed by atoms with Gasteiger partial charge in [0, 0.05) is 23.9 Å². The number of urea groups is 1. The quantitative estimate of drug-likeness (QED) is 0.701. The molecule has 29 heavy (non-hydrogen) atoms. The molecule has 2 atom stereocenters. The van der Waals surface area contributed by atoms with E-state index in [-0.39, 0.29) is 5.41 Å². The second kappa shape index (κ2) is 6.26. The van der Waals surface area contributed by atoms with Crippen molar-refractivity contribution in [2.24, 2.45) is 9.50 Å². The number of aromatic nitrogens is 1. The van der Waals surface area contributed by atoms with Crippen LogP contribution in [0.4, 0.5) is 10.5 Å². The molecule has 5 rings (SSSR count). The van der Waals surface area contributed by atoms with Crippen molar-refractivity contribution in [1.82, 2.24) is 15.4 Å². The fraction of sp³-hybridized carbons (Fsp3) is 0.600. The highest BCUT2D eigenvalue weighted by molar-refractivity contribution is 7.93. The van der Waals surface area contributed by atoms with Gasteiger partial charge in [-0.1, -0.05) is 0 Å². The number of rotatable bonds is 3. The summed E-state index contributed by atoms with van der Waals surface area (Å²) in [6.45, 7) is 4.34. The minimum absolute atomic E-state index is 0.237. The Morgan fingerprint density at radius 1 is 1.34 bits per heavy atom. The third kappa shape index (κ3) is 2.90. The number of hydrogen-bond acceptors (Lipinski definition) is 5. The molecule has 1 spiro atoms. The number of anilines is 1. The highest BCUT2D eigenvalue weighted by atomic mass is 32.2. The van der Waals surface area contributed by atoms with Crippen LogP contribution in [0.1, 0.15) is 62.0 Å². The summed E-state index contributed by atoms with van der Waals surface area (Å²) < 4.78 is 17.1. The Morgan fingerprint density at radius 2 is 2.14 bits per heavy atom. The van der Waals surface area contributed by atoms with Gasteiger partial charge in [-0.3, -0.25) is 4.98 Å². The van der Waals surface area contributed by atoms with Gasteiger partial charge in [-0.2, -0.15) is 0 Å². The van der Waals surface area contributed by atoms with E-state index >= 15 is 0 Å². The van der Waals surface area contributed by atoms with E-state index in [1.54, 1.807) is 24.2 Å². The summed E-state index contributed by atoms with van der Waals surface area (Å²) in [6, 6.07) is -0.650. The third-order valence-electron chi connectivity index (χ3n) is 6.87. The maximum atomic E-state index is 13.2. The SMILES string of the molecule is CCN1C=CC(C)(S(N)(=O)=NC(=O)Nc2c3c(nc4c2CCC42CC2)CCC3)N1. The second-order valence-corrected chi connectivity index (χ2v) is 11.0. The Kier molecular flexibility index (Phi) is 4.11. The average molecular weight is 417 g/mol. The first kappa shape index (κ1) is 19.0. The molecule has 0 radical (unpaired) electrons. The first-order chi connectivity index (χ1) is 13.8. The number of carbonyl (C=O) groups is 1. The summed E-state index contributed by atoms with van der Waals surface area (Å²) in [5.74, 6) is 0. The Morgan fingerprint density at radius 3 is 2.83 bits per heavy atom. The van der Waals surface area contributed by atoms with E-state index in [4.69, 9.17) is 10.1 Å². The number of nitrogens with two attached hydrogens (primary N) is 1. The molecule has 1 saturated carbocycles. The molecule has 9 heteroatoms. The molecule has 1 aliphatic heterocycles. The van der Waals surface area contributed by atoms with Crippen LogP contribution >= 0.6 is 0 Å². The van der Waals surface area contributed by atoms with E-state index in [1.807, 2.05) is 6.92 Å². The highest BCUT2D eigenvalue weighted by Gasteiger charge is 2.51. The van der Waals surface area contributed by atoms with Crippen LogP contribution in [0.2, 0.25) is 0 Å². The Bertz CT molecular complexity index is 1050. The van der Waals surface area contributed by atoms with Crippen molar-refractivity contribution in [1.29, 1.82) is 0 Å². The Labute approximate surface area is 171 Å². The zero-order valence-corrected chi connectivity index (χ0v) is 17.8. The Balaban J connectivity index is 1.47. The fourth-order valence-corrected chi connectivity index (χ4v) is 5.85. The van der Waals surface area contributed by atoms with E-state index in [0.717, 1.165) is 54.6 Å². The molecule has 1 fully saturated rings. The monoisotopic (exact) mass is 416 g/mol. The maximum Gasteiger partial charge on any atom is 0.354 e. The topological polar surface area (TPSA) is 113 Å². The lowest BCUT2D eigenvalue weighted by Crippen LogP contribution is -2.52. The van der Waals surface area contributed by atoms with E-state index in [1.165, 1.54) is 18.5 Å². The molecule has 2 amide bonds. The summed E-state index contributed by atoms with van der Waals surface area (Å²) in [6.07, 6.45) is 10.8. The molecular formula is C20H28N6O2S. The van der Waals surface area contributed by atoms with Gasteiger partial charge < -0.3 is 10.3 Å². The summed E-state index contributed by atoms with van der Waals surface area (Å²) >= 11 is 0. The van der Waals surface area contributed by atoms with Crippen LogP contribution in [0.5, 0.6) is 0 Å². The minimum atomic E-state index is -3.35. The van der Waals surface area contributed by atoms with Crippen molar-refractivity contribution < 1.29 is 9.00 Å². The van der Waals surface area contributed by atoms with E-state index < -0.39 is 20.8 Å². The molecule has 8 nitrogen and oxygen atoms in total. The number of carbonyl (C=O) groups excluding carboxylic acids is 1. The lowest BCUT2D eigenvalue weighted by Gasteiger charge is -2.27. The molecule has 4 N–H and O–H groups in total. The number of hydrogen-bond donors (Lipinski definition) is 3. The van der Waals surface area contributed by atoms with E-state index in [9.17, 15) is 9.00 Å². The van der Waals surface area contributed by atoms with Crippen molar-refractivity contribution in [2.75, 3.05) is 11.9 Å². The molecule has 1 aromatic rings. The van der Waals surface area contributed by atoms with Crippen molar-refractivity contribution in [3.05, 3.63) is 34.8 Å². The van der Waals surface area contributed by atoms with Gasteiger partial charge in [0.05, 0.1) is 11.4 Å². The zero-order valence-electron chi connectivity index (χ0n) is 17.0. The van der Waals surface area contributed by atoms with Gasteiger partial charge in [0.1, 0.15) is 9.92 Å². The normalized spacial score (nSPS) is 27.6. The largest absolute Gasteiger partial charge is 0.354 e. The van der Waals surface area contributed by atoms with E-state index in [0.29, 0.717) is 6.54 Å². The molecule has 0 bridgehead atoms. The predicted molar refractivity (Wildman–Crippen MR) is 112 cm³/mol. The smallest absolute Gasteiger partial charge is 0.314 e. The minimum Gasteiger partial charge on any atom is -0.314 e. The molecular weight excluding hydrogens is 388 g/mol. The molecule has 0 saturated heterocycles. The molecule has 4 aliphatic rings. The van der Waals surface area contributed by atoms with Crippen LogP contribution in [-0.4, -0.2) is 31.6 Å². The van der Waals surface area contributed by atoms with Gasteiger partial charge in [0.25, 0.3) is 0 Å². The van der Waals surface area contributed by atoms with Crippen LogP contribution in [0.15, 0.2) is 16.6 Å². The van der Waals surface area contributed by atoms with Gasteiger partial charge in [-0.15, -0.1) is 4.36 Å². The number of pyridine rings is 1. The summed E-state index contributed by atoms with van der Waals surface area (Å²) in [5, 5.41) is 10.8. The lowest BCUT2D eigenvalue weighted by atomic mass is 10.0. The predicted octanol–water partition coefficient (Wildman–Crippen LogP) is 2.49. The molecule has 156 valence electrons. The van der Waals surface area contributed by atoms with Gasteiger partial charge in [0.2, 0.25) is 0 Å². The first-order valence-electron chi connectivity index (χ1n) is 10.4. The van der Waals surface area contributed by atoms with Crippen molar-refractivity contribution in [2.45, 2.75) is 69.1 Å². The van der Waals surface area contributed by atoms with Gasteiger partial charge >= 0.3 is 6.03 Å². The fourth-order valence-electron chi connectivity index (χ4n) is 4.86. The highest BCUT2D eigenvalue weighted by Crippen LogP contribution is 2.58. The summed E-state index contributed by atoms with van der Waals surface area (Å²) in [4.78, 5) is 16.7. The maximum absolute atomic E-state index is 13.2. The van der Waals surface area contributed by atoms with Crippen LogP contribution in [-0.2, 0) is 34.6 Å². The molecule has 0 aromatic carbocycles. The summed E-state index contributed by atoms with van der Waals surface area (Å²) in [5.41, 5.74) is 8.70. The number of nitrogens with one attached hydrogen (secondary N) is 2. The van der Waals surface area contributed by atoms with Crippen molar-refractivity contribution >= 4 is 21.6 Å². The number of hydrazine groups is 1. The number of fused-ring (bicyclic) bond motifs is 3. The molecule has 3 aliphatic carbocycles. The number of amides is 2. The van der Waals surface area contributed by atoms with Crippen LogP contribution in [0.3, 0.4) is 0 Å². The van der Waals surface area contributed by atoms with Gasteiger partial charge in [-0.05, 0) is 76.0 Å². The lowest BCUT2D eigenvalue weighted by molar-refractivity contribution is 0.259. The third-order valence-corrected chi connectivity index (χ3v) is 8.75. The van der Waals surface area contributed by atoms with Crippen molar-refractivity contribution in [3.63, 3.8) is 0 Å². The second-order valence-electron chi connectivity index (χ2n) is 8.78. The molecule has 1 aromatic heterocycles. The van der Waals surface area contributed by atoms with Crippen LogP contribution < -0.4 is 15.9 Å².